The monoisotopic (exact) mass is 1120 g/mol. The van der Waals surface area contributed by atoms with Crippen molar-refractivity contribution in [1.29, 1.82) is 0 Å². The Morgan fingerprint density at radius 1 is 0.215 bits per heavy atom. The smallest absolute Gasteiger partial charge is 0.0654 e. The molecule has 0 atom stereocenters. The number of hydrogen-bond acceptors (Lipinski definition) is 8. The SMILES string of the molecule is CCCCCCCCCCCCCC(=O)[O][Pb]([O]C(=O)CCCCCCCCCCCCC)([O]C(=O)CCCCCCCCCCCCC)[O]C(=O)CCCCCCCCCCCCC. The molecule has 9 heteroatoms. The van der Waals surface area contributed by atoms with Crippen molar-refractivity contribution in [1.82, 2.24) is 0 Å². The van der Waals surface area contributed by atoms with E-state index in [1.165, 1.54) is 180 Å². The summed E-state index contributed by atoms with van der Waals surface area (Å²) in [7, 11) is 0. The number of carbonyl (C=O) groups is 4. The van der Waals surface area contributed by atoms with Crippen molar-refractivity contribution < 1.29 is 29.9 Å². The molecular formula is C56H108O8Pb. The fourth-order valence-corrected chi connectivity index (χ4v) is 15.5. The summed E-state index contributed by atoms with van der Waals surface area (Å²) in [5.41, 5.74) is 0. The normalized spacial score (nSPS) is 11.5. The zero-order valence-electron chi connectivity index (χ0n) is 43.7. The van der Waals surface area contributed by atoms with Crippen molar-refractivity contribution >= 4 is 46.9 Å². The van der Waals surface area contributed by atoms with Gasteiger partial charge in [0.2, 0.25) is 0 Å². The van der Waals surface area contributed by atoms with Crippen LogP contribution < -0.4 is 0 Å². The number of carbonyl (C=O) groups excluding carboxylic acids is 4. The number of rotatable bonds is 52. The van der Waals surface area contributed by atoms with E-state index < -0.39 is 46.9 Å². The molecule has 0 aliphatic heterocycles. The van der Waals surface area contributed by atoms with Crippen LogP contribution in [0.4, 0.5) is 0 Å². The molecule has 0 aromatic carbocycles. The van der Waals surface area contributed by atoms with Crippen molar-refractivity contribution in [2.75, 3.05) is 0 Å². The second kappa shape index (κ2) is 50.7. The molecule has 0 aromatic rings. The Morgan fingerprint density at radius 2 is 0.338 bits per heavy atom. The van der Waals surface area contributed by atoms with Crippen LogP contribution in [0, 0.1) is 0 Å². The molecule has 65 heavy (non-hydrogen) atoms. The minimum absolute atomic E-state index is 0.0984. The van der Waals surface area contributed by atoms with Crippen molar-refractivity contribution in [3.05, 3.63) is 0 Å². The zero-order valence-corrected chi connectivity index (χ0v) is 47.6. The Bertz CT molecular complexity index is 901. The molecule has 0 heterocycles. The van der Waals surface area contributed by atoms with Gasteiger partial charge in [-0.3, -0.25) is 0 Å². The first-order chi connectivity index (χ1) is 31.8. The quantitative estimate of drug-likeness (QED) is 0.0438. The Hall–Kier alpha value is -1.20. The first-order valence-corrected chi connectivity index (χ1v) is 35.0. The van der Waals surface area contributed by atoms with Crippen molar-refractivity contribution in [3.63, 3.8) is 0 Å². The summed E-state index contributed by atoms with van der Waals surface area (Å²) in [6, 6.07) is 0. The van der Waals surface area contributed by atoms with Crippen LogP contribution in [0.3, 0.4) is 0 Å². The van der Waals surface area contributed by atoms with E-state index in [2.05, 4.69) is 27.7 Å². The van der Waals surface area contributed by atoms with E-state index in [4.69, 9.17) is 10.7 Å². The van der Waals surface area contributed by atoms with Gasteiger partial charge in [-0.15, -0.1) is 0 Å². The van der Waals surface area contributed by atoms with Gasteiger partial charge >= 0.3 is 334 Å². The van der Waals surface area contributed by atoms with Crippen LogP contribution >= 0.6 is 0 Å². The molecule has 0 aliphatic rings. The van der Waals surface area contributed by atoms with Crippen LogP contribution in [0.2, 0.25) is 0 Å². The van der Waals surface area contributed by atoms with E-state index in [1.54, 1.807) is 0 Å². The number of unbranched alkanes of at least 4 members (excludes halogenated alkanes) is 40. The van der Waals surface area contributed by atoms with Crippen LogP contribution in [-0.2, 0) is 29.9 Å². The van der Waals surface area contributed by atoms with Gasteiger partial charge in [-0.1, -0.05) is 79.1 Å². The molecule has 0 amide bonds. The fourth-order valence-electron chi connectivity index (χ4n) is 8.62. The molecule has 0 bridgehead atoms. The summed E-state index contributed by atoms with van der Waals surface area (Å²) < 4.78 is 23.7. The van der Waals surface area contributed by atoms with Crippen LogP contribution in [0.1, 0.15) is 336 Å². The molecule has 0 spiro atoms. The molecule has 0 aromatic heterocycles. The van der Waals surface area contributed by atoms with Crippen molar-refractivity contribution in [2.45, 2.75) is 336 Å². The predicted octanol–water partition coefficient (Wildman–Crippen LogP) is 18.4. The Kier molecular flexibility index (Phi) is 49.7. The fraction of sp³-hybridized carbons (Fsp3) is 0.929. The van der Waals surface area contributed by atoms with E-state index in [-0.39, 0.29) is 25.7 Å². The molecule has 0 unspecified atom stereocenters. The van der Waals surface area contributed by atoms with Gasteiger partial charge in [0.25, 0.3) is 0 Å². The first-order valence-electron chi connectivity index (χ1n) is 28.7. The molecular weight excluding hydrogens is 1010 g/mol. The minimum atomic E-state index is -6.04. The maximum atomic E-state index is 13.5. The van der Waals surface area contributed by atoms with Gasteiger partial charge in [-0.2, -0.15) is 0 Å². The molecule has 0 N–H and O–H groups in total. The topological polar surface area (TPSA) is 105 Å². The molecule has 384 valence electrons. The predicted molar refractivity (Wildman–Crippen MR) is 274 cm³/mol. The summed E-state index contributed by atoms with van der Waals surface area (Å²) in [5.74, 6) is -2.46. The molecule has 0 radical (unpaired) electrons. The summed E-state index contributed by atoms with van der Waals surface area (Å²) in [5, 5.41) is 0. The van der Waals surface area contributed by atoms with E-state index >= 15 is 0 Å². The summed E-state index contributed by atoms with van der Waals surface area (Å²) in [6.07, 6.45) is 50.9. The van der Waals surface area contributed by atoms with Crippen LogP contribution in [0.25, 0.3) is 0 Å². The summed E-state index contributed by atoms with van der Waals surface area (Å²) in [4.78, 5) is 54.0. The average Bonchev–Trinajstić information content (AvgIpc) is 3.28. The zero-order chi connectivity index (χ0) is 47.6. The van der Waals surface area contributed by atoms with Crippen molar-refractivity contribution in [3.8, 4) is 0 Å². The maximum absolute atomic E-state index is 13.5. The Labute approximate surface area is 410 Å². The van der Waals surface area contributed by atoms with Crippen LogP contribution in [0.5, 0.6) is 0 Å². The van der Waals surface area contributed by atoms with Gasteiger partial charge in [0.05, 0.1) is 0 Å². The third kappa shape index (κ3) is 46.3. The standard InChI is InChI=1S/4C14H28O2.Pb/c4*1-2-3-4-5-6-7-8-9-10-11-12-13-14(15)16;/h4*2-13H2,1H3,(H,15,16);/q;;;;+4/p-4. The summed E-state index contributed by atoms with van der Waals surface area (Å²) >= 11 is -6.04. The summed E-state index contributed by atoms with van der Waals surface area (Å²) in [6.45, 7) is 8.97. The van der Waals surface area contributed by atoms with Gasteiger partial charge in [-0.05, 0) is 0 Å². The van der Waals surface area contributed by atoms with E-state index in [0.717, 1.165) is 77.0 Å². The minimum Gasteiger partial charge on any atom is -0.0654 e. The van der Waals surface area contributed by atoms with Gasteiger partial charge in [0.15, 0.2) is 0 Å². The second-order valence-corrected chi connectivity index (χ2v) is 26.6. The first kappa shape index (κ1) is 63.8. The Morgan fingerprint density at radius 3 is 0.477 bits per heavy atom. The third-order valence-corrected chi connectivity index (χ3v) is 20.3. The third-order valence-electron chi connectivity index (χ3n) is 12.9. The molecule has 0 aliphatic carbocycles. The van der Waals surface area contributed by atoms with Crippen LogP contribution in [-0.4, -0.2) is 46.9 Å². The second-order valence-electron chi connectivity index (χ2n) is 19.5. The van der Waals surface area contributed by atoms with Gasteiger partial charge in [0.1, 0.15) is 0 Å². The average molecular weight is 1120 g/mol. The van der Waals surface area contributed by atoms with Crippen LogP contribution in [0.15, 0.2) is 0 Å². The van der Waals surface area contributed by atoms with Gasteiger partial charge in [0, 0.05) is 0 Å². The van der Waals surface area contributed by atoms with Gasteiger partial charge < -0.3 is 0 Å². The van der Waals surface area contributed by atoms with E-state index in [1.807, 2.05) is 0 Å². The Balaban J connectivity index is 5.49. The molecule has 0 saturated carbocycles. The van der Waals surface area contributed by atoms with Gasteiger partial charge in [-0.25, -0.2) is 0 Å². The van der Waals surface area contributed by atoms with Crippen molar-refractivity contribution in [2.24, 2.45) is 0 Å². The van der Waals surface area contributed by atoms with E-state index in [9.17, 15) is 19.2 Å². The number of hydrogen-bond donors (Lipinski definition) is 0. The molecule has 0 rings (SSSR count). The molecule has 8 nitrogen and oxygen atoms in total. The molecule has 0 saturated heterocycles. The molecule has 0 fully saturated rings. The van der Waals surface area contributed by atoms with E-state index in [0.29, 0.717) is 25.7 Å².